The molecule has 0 amide bonds. The Bertz CT molecular complexity index is 2880. The van der Waals surface area contributed by atoms with Crippen molar-refractivity contribution in [3.05, 3.63) is 95.3 Å². The number of nitrogens with one attached hydrogen (secondary N) is 1. The fourth-order valence-electron chi connectivity index (χ4n) is 9.25. The van der Waals surface area contributed by atoms with E-state index in [1.54, 1.807) is 22.1 Å². The van der Waals surface area contributed by atoms with Crippen LogP contribution >= 0.6 is 11.8 Å². The third kappa shape index (κ3) is 7.05. The van der Waals surface area contributed by atoms with Crippen LogP contribution in [0.5, 0.6) is 0 Å². The van der Waals surface area contributed by atoms with Gasteiger partial charge in [-0.3, -0.25) is 14.5 Å². The number of halogens is 2. The SMILES string of the molecule is Cc1oc(=O)oc1CN1CCN(c2cc3c(cc2F)c(=O)c(C(=O)O)c2n3[C@@H](C)S2)CC1.N#Cc1c(N2C[C@@H]3CCCN[C@@H]3C2)c(F)cc2c(=O)c(C(=O)O)cn(C3CC3)c12. The van der Waals surface area contributed by atoms with Gasteiger partial charge in [-0.15, -0.1) is 0 Å². The van der Waals surface area contributed by atoms with Crippen LogP contribution in [0.25, 0.3) is 21.8 Å². The number of hydrogen-bond acceptors (Lipinski definition) is 13. The minimum atomic E-state index is -1.34. The van der Waals surface area contributed by atoms with Gasteiger partial charge in [-0.2, -0.15) is 5.26 Å². The number of aryl methyl sites for hydroxylation is 1. The molecule has 7 heterocycles. The first-order valence-corrected chi connectivity index (χ1v) is 21.0. The van der Waals surface area contributed by atoms with Crippen LogP contribution in [0.3, 0.4) is 0 Å². The summed E-state index contributed by atoms with van der Waals surface area (Å²) in [7, 11) is 0. The highest BCUT2D eigenvalue weighted by molar-refractivity contribution is 8.00. The number of carboxylic acid groups (broad SMARTS) is 2. The Labute approximate surface area is 349 Å². The van der Waals surface area contributed by atoms with Crippen LogP contribution in [0.2, 0.25) is 0 Å². The van der Waals surface area contributed by atoms with E-state index in [2.05, 4.69) is 16.3 Å². The van der Waals surface area contributed by atoms with Crippen molar-refractivity contribution in [2.75, 3.05) is 55.6 Å². The summed E-state index contributed by atoms with van der Waals surface area (Å²) in [6.45, 7) is 8.55. The maximum atomic E-state index is 15.2. The second kappa shape index (κ2) is 15.5. The summed E-state index contributed by atoms with van der Waals surface area (Å²) >= 11 is 1.32. The Morgan fingerprint density at radius 1 is 0.951 bits per heavy atom. The van der Waals surface area contributed by atoms with Gasteiger partial charge in [0.25, 0.3) is 0 Å². The van der Waals surface area contributed by atoms with Crippen LogP contribution in [0.4, 0.5) is 20.2 Å². The molecule has 2 aromatic carbocycles. The number of nitriles is 1. The van der Waals surface area contributed by atoms with Gasteiger partial charge in [0.2, 0.25) is 10.9 Å². The number of fused-ring (bicyclic) bond motifs is 5. The number of piperazine rings is 1. The van der Waals surface area contributed by atoms with Gasteiger partial charge in [-0.05, 0) is 70.2 Å². The zero-order chi connectivity index (χ0) is 43.0. The van der Waals surface area contributed by atoms with Crippen molar-refractivity contribution in [2.45, 2.75) is 68.6 Å². The monoisotopic (exact) mass is 857 g/mol. The number of thioether (sulfide) groups is 1. The average molecular weight is 858 g/mol. The lowest BCUT2D eigenvalue weighted by atomic mass is 9.94. The molecule has 19 heteroatoms. The number of benzene rings is 2. The van der Waals surface area contributed by atoms with Crippen molar-refractivity contribution < 1.29 is 37.4 Å². The summed E-state index contributed by atoms with van der Waals surface area (Å²) in [5.74, 6) is -3.22. The molecule has 0 unspecified atom stereocenters. The number of nitrogens with zero attached hydrogens (tertiary/aromatic N) is 6. The molecule has 0 bridgehead atoms. The van der Waals surface area contributed by atoms with E-state index < -0.39 is 45.8 Å². The number of anilines is 2. The molecule has 0 spiro atoms. The first-order valence-electron chi connectivity index (χ1n) is 20.2. The van der Waals surface area contributed by atoms with Crippen LogP contribution in [0, 0.1) is 35.8 Å². The van der Waals surface area contributed by atoms with Gasteiger partial charge in [0.05, 0.1) is 44.7 Å². The van der Waals surface area contributed by atoms with Gasteiger partial charge in [-0.1, -0.05) is 11.8 Å². The summed E-state index contributed by atoms with van der Waals surface area (Å²) in [6, 6.07) is 6.34. The highest BCUT2D eigenvalue weighted by atomic mass is 32.2. The smallest absolute Gasteiger partial charge is 0.477 e. The molecule has 10 rings (SSSR count). The third-order valence-electron chi connectivity index (χ3n) is 12.4. The Kier molecular flexibility index (Phi) is 10.3. The quantitative estimate of drug-likeness (QED) is 0.200. The van der Waals surface area contributed by atoms with Crippen molar-refractivity contribution in [1.29, 1.82) is 5.26 Å². The topological polar surface area (TPSA) is 207 Å². The van der Waals surface area contributed by atoms with E-state index >= 15 is 8.78 Å². The molecule has 4 aliphatic heterocycles. The van der Waals surface area contributed by atoms with E-state index in [4.69, 9.17) is 8.83 Å². The number of hydrogen-bond donors (Lipinski definition) is 3. The van der Waals surface area contributed by atoms with Gasteiger partial charge in [0.1, 0.15) is 40.2 Å². The number of aromatic nitrogens is 2. The first kappa shape index (κ1) is 40.4. The molecule has 3 N–H and O–H groups in total. The van der Waals surface area contributed by atoms with Gasteiger partial charge in [-0.25, -0.2) is 23.2 Å². The molecule has 1 saturated carbocycles. The van der Waals surface area contributed by atoms with Crippen molar-refractivity contribution in [2.24, 2.45) is 5.92 Å². The molecule has 3 saturated heterocycles. The minimum Gasteiger partial charge on any atom is -0.477 e. The molecular weight excluding hydrogens is 817 g/mol. The molecule has 16 nitrogen and oxygen atoms in total. The van der Waals surface area contributed by atoms with Crippen LogP contribution in [0.15, 0.2) is 52.6 Å². The van der Waals surface area contributed by atoms with E-state index in [-0.39, 0.29) is 45.0 Å². The average Bonchev–Trinajstić information content (AvgIpc) is 3.90. The van der Waals surface area contributed by atoms with E-state index in [0.717, 1.165) is 44.4 Å². The Balaban J connectivity index is 0.000000157. The standard InChI is InChI=1S/C21H21FN4O3.C21H20FN3O6S/c22-16-6-13-18(26(12-3-4-12)9-15(20(13)27)21(28)29)14(7-23)19(16)25-8-11-2-1-5-24-17(11)10-25;1-10-16(31-21(29)30-10)9-23-3-5-24(6-4-23)15-8-14-12(7-13(15)22)18(26)17(20(27)28)19-25(14)11(2)32-19/h6,9,11-12,17,24H,1-5,8,10H2,(H,28,29);7-8,11H,3-6,9H2,1-2H3,(H,27,28)/t11-,17+;11-/m01/s1. The second-order valence-corrected chi connectivity index (χ2v) is 17.5. The van der Waals surface area contributed by atoms with Crippen LogP contribution in [-0.2, 0) is 6.54 Å². The van der Waals surface area contributed by atoms with Crippen LogP contribution in [-0.4, -0.2) is 88.0 Å². The summed E-state index contributed by atoms with van der Waals surface area (Å²) in [5.41, 5.74) is -0.481. The number of carboxylic acids is 2. The van der Waals surface area contributed by atoms with E-state index in [1.165, 1.54) is 18.0 Å². The zero-order valence-electron chi connectivity index (χ0n) is 33.2. The summed E-state index contributed by atoms with van der Waals surface area (Å²) in [4.78, 5) is 65.7. The first-order chi connectivity index (χ1) is 29.2. The van der Waals surface area contributed by atoms with E-state index in [0.29, 0.717) is 85.0 Å². The van der Waals surface area contributed by atoms with Crippen LogP contribution in [0.1, 0.15) is 81.8 Å². The molecular formula is C42H41F2N7O9S. The van der Waals surface area contributed by atoms with Crippen LogP contribution < -0.4 is 31.8 Å². The van der Waals surface area contributed by atoms with Crippen molar-refractivity contribution >= 4 is 56.9 Å². The highest BCUT2D eigenvalue weighted by Gasteiger charge is 2.38. The van der Waals surface area contributed by atoms with Crippen molar-refractivity contribution in [3.63, 3.8) is 0 Å². The maximum Gasteiger partial charge on any atom is 0.519 e. The van der Waals surface area contributed by atoms with Crippen molar-refractivity contribution in [3.8, 4) is 6.07 Å². The van der Waals surface area contributed by atoms with Gasteiger partial charge in [0, 0.05) is 62.9 Å². The summed E-state index contributed by atoms with van der Waals surface area (Å²) in [6.07, 6.45) is 5.15. The normalized spacial score (nSPS) is 21.1. The number of aromatic carboxylic acids is 2. The fraction of sp³-hybridized carbons (Fsp3) is 0.429. The molecule has 0 radical (unpaired) electrons. The number of pyridine rings is 2. The molecule has 3 aromatic heterocycles. The Hall–Kier alpha value is -5.97. The van der Waals surface area contributed by atoms with Gasteiger partial charge >= 0.3 is 17.8 Å². The fourth-order valence-corrected chi connectivity index (χ4v) is 10.4. The van der Waals surface area contributed by atoms with E-state index in [9.17, 15) is 39.4 Å². The molecule has 3 atom stereocenters. The Morgan fingerprint density at radius 2 is 1.69 bits per heavy atom. The predicted molar refractivity (Wildman–Crippen MR) is 220 cm³/mol. The number of piperidine rings is 1. The lowest BCUT2D eigenvalue weighted by Gasteiger charge is -2.37. The second-order valence-electron chi connectivity index (χ2n) is 16.2. The molecule has 5 aromatic rings. The molecule has 318 valence electrons. The third-order valence-corrected chi connectivity index (χ3v) is 13.6. The molecule has 4 fully saturated rings. The highest BCUT2D eigenvalue weighted by Crippen LogP contribution is 2.47. The molecule has 5 aliphatic rings. The molecule has 1 aliphatic carbocycles. The minimum absolute atomic E-state index is 0.0319. The predicted octanol–water partition coefficient (Wildman–Crippen LogP) is 4.87. The van der Waals surface area contributed by atoms with Gasteiger partial charge in [0.15, 0.2) is 5.76 Å². The van der Waals surface area contributed by atoms with E-state index in [1.807, 2.05) is 16.7 Å². The molecule has 61 heavy (non-hydrogen) atoms. The number of carbonyl (C=O) groups is 2. The lowest BCUT2D eigenvalue weighted by molar-refractivity contribution is 0.0681. The van der Waals surface area contributed by atoms with Crippen molar-refractivity contribution in [1.82, 2.24) is 19.4 Å². The van der Waals surface area contributed by atoms with Gasteiger partial charge < -0.3 is 43.3 Å². The lowest BCUT2D eigenvalue weighted by Crippen LogP contribution is -2.46. The Morgan fingerprint density at radius 3 is 2.31 bits per heavy atom. The summed E-state index contributed by atoms with van der Waals surface area (Å²) < 4.78 is 43.7. The largest absolute Gasteiger partial charge is 0.519 e. The maximum absolute atomic E-state index is 15.2. The number of rotatable bonds is 7. The summed E-state index contributed by atoms with van der Waals surface area (Å²) in [5, 5.41) is 32.7. The zero-order valence-corrected chi connectivity index (χ0v) is 34.0.